The lowest BCUT2D eigenvalue weighted by atomic mass is 10.2. The Morgan fingerprint density at radius 3 is 2.62 bits per heavy atom. The summed E-state index contributed by atoms with van der Waals surface area (Å²) in [5.74, 6) is 0. The topological polar surface area (TPSA) is 42.1 Å². The summed E-state index contributed by atoms with van der Waals surface area (Å²) in [6.07, 6.45) is 5.99. The Balaban J connectivity index is 2.32. The van der Waals surface area contributed by atoms with Gasteiger partial charge in [-0.05, 0) is 50.6 Å². The van der Waals surface area contributed by atoms with E-state index in [1.165, 1.54) is 12.0 Å². The van der Waals surface area contributed by atoms with Gasteiger partial charge in [-0.1, -0.05) is 6.92 Å². The largest absolute Gasteiger partial charge is 0.328 e. The Kier molecular flexibility index (Phi) is 6.04. The van der Waals surface area contributed by atoms with Crippen LogP contribution in [-0.4, -0.2) is 29.0 Å². The molecular formula is C13H23N3. The number of pyridine rings is 1. The molecule has 1 aromatic rings. The summed E-state index contributed by atoms with van der Waals surface area (Å²) in [4.78, 5) is 6.47. The van der Waals surface area contributed by atoms with Crippen molar-refractivity contribution in [2.45, 2.75) is 39.3 Å². The third kappa shape index (κ3) is 5.24. The van der Waals surface area contributed by atoms with Crippen molar-refractivity contribution in [2.24, 2.45) is 5.73 Å². The Hall–Kier alpha value is -0.930. The van der Waals surface area contributed by atoms with E-state index in [2.05, 4.69) is 35.9 Å². The highest BCUT2D eigenvalue weighted by Gasteiger charge is 2.03. The second kappa shape index (κ2) is 7.36. The van der Waals surface area contributed by atoms with Crippen LogP contribution in [0.3, 0.4) is 0 Å². The Morgan fingerprint density at radius 1 is 1.38 bits per heavy atom. The van der Waals surface area contributed by atoms with Crippen LogP contribution in [0.2, 0.25) is 0 Å². The van der Waals surface area contributed by atoms with Crippen LogP contribution in [-0.2, 0) is 6.54 Å². The second-order valence-corrected chi connectivity index (χ2v) is 4.34. The molecule has 0 spiro atoms. The van der Waals surface area contributed by atoms with Gasteiger partial charge < -0.3 is 5.73 Å². The highest BCUT2D eigenvalue weighted by atomic mass is 15.1. The van der Waals surface area contributed by atoms with Crippen molar-refractivity contribution in [2.75, 3.05) is 13.1 Å². The summed E-state index contributed by atoms with van der Waals surface area (Å²) in [6, 6.07) is 4.47. The van der Waals surface area contributed by atoms with Crippen LogP contribution in [0.15, 0.2) is 24.5 Å². The number of hydrogen-bond donors (Lipinski definition) is 1. The molecule has 0 aromatic carbocycles. The van der Waals surface area contributed by atoms with Crippen molar-refractivity contribution in [3.05, 3.63) is 30.1 Å². The van der Waals surface area contributed by atoms with Crippen LogP contribution in [0.5, 0.6) is 0 Å². The van der Waals surface area contributed by atoms with E-state index >= 15 is 0 Å². The second-order valence-electron chi connectivity index (χ2n) is 4.34. The van der Waals surface area contributed by atoms with E-state index in [4.69, 9.17) is 5.73 Å². The van der Waals surface area contributed by atoms with Crippen molar-refractivity contribution in [3.63, 3.8) is 0 Å². The Morgan fingerprint density at radius 2 is 2.06 bits per heavy atom. The molecule has 1 rings (SSSR count). The third-order valence-electron chi connectivity index (χ3n) is 2.74. The molecule has 0 aliphatic rings. The summed E-state index contributed by atoms with van der Waals surface area (Å²) in [5, 5.41) is 0. The van der Waals surface area contributed by atoms with Crippen LogP contribution < -0.4 is 5.73 Å². The summed E-state index contributed by atoms with van der Waals surface area (Å²) < 4.78 is 0. The molecule has 1 aromatic heterocycles. The van der Waals surface area contributed by atoms with Crippen LogP contribution in [0.1, 0.15) is 32.3 Å². The fraction of sp³-hybridized carbons (Fsp3) is 0.615. The fourth-order valence-electron chi connectivity index (χ4n) is 1.73. The van der Waals surface area contributed by atoms with E-state index in [0.29, 0.717) is 6.04 Å². The van der Waals surface area contributed by atoms with E-state index in [1.54, 1.807) is 0 Å². The smallest absolute Gasteiger partial charge is 0.0271 e. The SMILES string of the molecule is CCN(CCCC(C)N)Cc1ccncc1. The van der Waals surface area contributed by atoms with Gasteiger partial charge in [0, 0.05) is 25.0 Å². The zero-order chi connectivity index (χ0) is 11.8. The molecule has 3 nitrogen and oxygen atoms in total. The standard InChI is InChI=1S/C13H23N3/c1-3-16(10-4-5-12(2)14)11-13-6-8-15-9-7-13/h6-9,12H,3-5,10-11,14H2,1-2H3. The van der Waals surface area contributed by atoms with Gasteiger partial charge in [-0.3, -0.25) is 9.88 Å². The molecule has 0 amide bonds. The number of nitrogens with zero attached hydrogens (tertiary/aromatic N) is 2. The van der Waals surface area contributed by atoms with E-state index in [9.17, 15) is 0 Å². The van der Waals surface area contributed by atoms with E-state index in [-0.39, 0.29) is 0 Å². The normalized spacial score (nSPS) is 13.0. The first kappa shape index (κ1) is 13.1. The van der Waals surface area contributed by atoms with Gasteiger partial charge in [0.1, 0.15) is 0 Å². The summed E-state index contributed by atoms with van der Waals surface area (Å²) in [6.45, 7) is 7.49. The number of rotatable bonds is 7. The monoisotopic (exact) mass is 221 g/mol. The minimum Gasteiger partial charge on any atom is -0.328 e. The van der Waals surface area contributed by atoms with Crippen molar-refractivity contribution in [1.82, 2.24) is 9.88 Å². The molecule has 16 heavy (non-hydrogen) atoms. The molecule has 0 saturated carbocycles. The first-order valence-corrected chi connectivity index (χ1v) is 6.09. The van der Waals surface area contributed by atoms with E-state index in [1.807, 2.05) is 12.4 Å². The summed E-state index contributed by atoms with van der Waals surface area (Å²) in [5.41, 5.74) is 7.08. The number of aromatic nitrogens is 1. The summed E-state index contributed by atoms with van der Waals surface area (Å²) in [7, 11) is 0. The van der Waals surface area contributed by atoms with Crippen molar-refractivity contribution >= 4 is 0 Å². The minimum absolute atomic E-state index is 0.319. The molecule has 1 atom stereocenters. The van der Waals surface area contributed by atoms with Crippen molar-refractivity contribution in [1.29, 1.82) is 0 Å². The Labute approximate surface area is 98.7 Å². The lowest BCUT2D eigenvalue weighted by molar-refractivity contribution is 0.271. The lowest BCUT2D eigenvalue weighted by Crippen LogP contribution is -2.25. The first-order valence-electron chi connectivity index (χ1n) is 6.09. The van der Waals surface area contributed by atoms with Gasteiger partial charge in [-0.15, -0.1) is 0 Å². The van der Waals surface area contributed by atoms with Gasteiger partial charge in [0.05, 0.1) is 0 Å². The molecule has 0 aliphatic heterocycles. The Bertz CT molecular complexity index is 272. The lowest BCUT2D eigenvalue weighted by Gasteiger charge is -2.20. The predicted octanol–water partition coefficient (Wildman–Crippen LogP) is 2.03. The predicted molar refractivity (Wildman–Crippen MR) is 68.1 cm³/mol. The zero-order valence-electron chi connectivity index (χ0n) is 10.4. The van der Waals surface area contributed by atoms with Gasteiger partial charge in [0.2, 0.25) is 0 Å². The molecule has 0 fully saturated rings. The number of nitrogens with two attached hydrogens (primary N) is 1. The quantitative estimate of drug-likeness (QED) is 0.766. The highest BCUT2D eigenvalue weighted by molar-refractivity contribution is 5.09. The van der Waals surface area contributed by atoms with E-state index in [0.717, 1.165) is 26.1 Å². The van der Waals surface area contributed by atoms with E-state index < -0.39 is 0 Å². The molecule has 0 aliphatic carbocycles. The molecule has 1 unspecified atom stereocenters. The third-order valence-corrected chi connectivity index (χ3v) is 2.74. The van der Waals surface area contributed by atoms with Gasteiger partial charge in [0.15, 0.2) is 0 Å². The van der Waals surface area contributed by atoms with Crippen molar-refractivity contribution in [3.8, 4) is 0 Å². The summed E-state index contributed by atoms with van der Waals surface area (Å²) >= 11 is 0. The molecular weight excluding hydrogens is 198 g/mol. The molecule has 0 radical (unpaired) electrons. The highest BCUT2D eigenvalue weighted by Crippen LogP contribution is 2.05. The molecule has 0 saturated heterocycles. The van der Waals surface area contributed by atoms with Crippen LogP contribution in [0, 0.1) is 0 Å². The maximum atomic E-state index is 5.75. The molecule has 90 valence electrons. The van der Waals surface area contributed by atoms with Gasteiger partial charge in [-0.25, -0.2) is 0 Å². The average molecular weight is 221 g/mol. The maximum absolute atomic E-state index is 5.75. The van der Waals surface area contributed by atoms with Crippen LogP contribution >= 0.6 is 0 Å². The van der Waals surface area contributed by atoms with Gasteiger partial charge in [0.25, 0.3) is 0 Å². The molecule has 2 N–H and O–H groups in total. The van der Waals surface area contributed by atoms with Crippen molar-refractivity contribution < 1.29 is 0 Å². The average Bonchev–Trinajstić information content (AvgIpc) is 2.28. The zero-order valence-corrected chi connectivity index (χ0v) is 10.4. The minimum atomic E-state index is 0.319. The van der Waals surface area contributed by atoms with Crippen LogP contribution in [0.4, 0.5) is 0 Å². The first-order chi connectivity index (χ1) is 7.72. The van der Waals surface area contributed by atoms with Gasteiger partial charge >= 0.3 is 0 Å². The fourth-order valence-corrected chi connectivity index (χ4v) is 1.73. The molecule has 0 bridgehead atoms. The molecule has 3 heteroatoms. The maximum Gasteiger partial charge on any atom is 0.0271 e. The molecule has 1 heterocycles. The number of hydrogen-bond acceptors (Lipinski definition) is 3. The van der Waals surface area contributed by atoms with Gasteiger partial charge in [-0.2, -0.15) is 0 Å². The van der Waals surface area contributed by atoms with Crippen LogP contribution in [0.25, 0.3) is 0 Å².